The lowest BCUT2D eigenvalue weighted by atomic mass is 9.97. The van der Waals surface area contributed by atoms with Crippen LogP contribution in [0.2, 0.25) is 5.02 Å². The molecule has 1 aromatic heterocycles. The van der Waals surface area contributed by atoms with Gasteiger partial charge < -0.3 is 15.6 Å². The lowest BCUT2D eigenvalue weighted by Crippen LogP contribution is -2.11. The molecule has 0 fully saturated rings. The maximum Gasteiger partial charge on any atom is 0.433 e. The summed E-state index contributed by atoms with van der Waals surface area (Å²) in [7, 11) is 1.08. The molecule has 0 saturated carbocycles. The fraction of sp³-hybridized carbons (Fsp3) is 0.250. The Labute approximate surface area is 183 Å². The number of aromatic nitrogens is 2. The normalized spacial score (nSPS) is 12.3. The largest absolute Gasteiger partial charge is 0.506 e. The number of benzene rings is 2. The van der Waals surface area contributed by atoms with E-state index in [0.29, 0.717) is 4.68 Å². The van der Waals surface area contributed by atoms with E-state index in [-0.39, 0.29) is 41.3 Å². The summed E-state index contributed by atoms with van der Waals surface area (Å²) in [5.41, 5.74) is 2.56. The van der Waals surface area contributed by atoms with Gasteiger partial charge in [-0.3, -0.25) is 4.68 Å². The molecule has 0 amide bonds. The van der Waals surface area contributed by atoms with Gasteiger partial charge in [0.1, 0.15) is 23.8 Å². The fourth-order valence-corrected chi connectivity index (χ4v) is 3.33. The van der Waals surface area contributed by atoms with Gasteiger partial charge in [0.15, 0.2) is 0 Å². The third kappa shape index (κ3) is 4.63. The van der Waals surface area contributed by atoms with Crippen molar-refractivity contribution in [1.82, 2.24) is 9.78 Å². The first-order chi connectivity index (χ1) is 14.8. The van der Waals surface area contributed by atoms with Crippen molar-refractivity contribution in [3.8, 4) is 33.9 Å². The van der Waals surface area contributed by atoms with Gasteiger partial charge in [-0.25, -0.2) is 0 Å². The summed E-state index contributed by atoms with van der Waals surface area (Å²) in [4.78, 5) is 0. The van der Waals surface area contributed by atoms with E-state index in [9.17, 15) is 31.4 Å². The monoisotopic (exact) mass is 479 g/mol. The van der Waals surface area contributed by atoms with E-state index in [1.807, 2.05) is 0 Å². The van der Waals surface area contributed by atoms with E-state index < -0.39 is 34.4 Å². The topological polar surface area (TPSA) is 73.3 Å². The lowest BCUT2D eigenvalue weighted by Gasteiger charge is -2.17. The molecule has 0 aliphatic heterocycles. The first kappa shape index (κ1) is 23.7. The second-order valence-corrected chi connectivity index (χ2v) is 7.11. The quantitative estimate of drug-likeness (QED) is 0.475. The third-order valence-corrected chi connectivity index (χ3v) is 4.85. The summed E-state index contributed by atoms with van der Waals surface area (Å²) >= 11 is 5.67. The molecule has 3 rings (SSSR count). The van der Waals surface area contributed by atoms with Crippen molar-refractivity contribution >= 4 is 11.6 Å². The maximum atomic E-state index is 13.3. The van der Waals surface area contributed by atoms with Crippen molar-refractivity contribution in [2.75, 3.05) is 13.2 Å². The van der Waals surface area contributed by atoms with E-state index in [4.69, 9.17) is 22.1 Å². The van der Waals surface area contributed by atoms with E-state index in [1.165, 1.54) is 18.2 Å². The molecule has 32 heavy (non-hydrogen) atoms. The summed E-state index contributed by atoms with van der Waals surface area (Å²) < 4.78 is 85.5. The number of alkyl halides is 6. The fourth-order valence-electron chi connectivity index (χ4n) is 3.11. The smallest absolute Gasteiger partial charge is 0.433 e. The van der Waals surface area contributed by atoms with E-state index in [1.54, 1.807) is 0 Å². The molecule has 1 heterocycles. The Kier molecular flexibility index (Phi) is 6.34. The Morgan fingerprint density at radius 1 is 1.06 bits per heavy atom. The Bertz CT molecular complexity index is 1140. The number of halogens is 7. The number of aryl methyl sites for hydroxylation is 1. The number of hydrogen-bond donors (Lipinski definition) is 2. The van der Waals surface area contributed by atoms with Crippen LogP contribution in [0.5, 0.6) is 11.5 Å². The molecule has 172 valence electrons. The predicted octanol–water partition coefficient (Wildman–Crippen LogP) is 5.49. The average Bonchev–Trinajstić information content (AvgIpc) is 3.08. The molecule has 0 aliphatic rings. The van der Waals surface area contributed by atoms with Crippen molar-refractivity contribution in [3.63, 3.8) is 0 Å². The first-order valence-electron chi connectivity index (χ1n) is 9.02. The molecular weight excluding hydrogens is 464 g/mol. The molecule has 0 radical (unpaired) electrons. The summed E-state index contributed by atoms with van der Waals surface area (Å²) in [5.74, 6) is -0.624. The minimum atomic E-state index is -4.78. The van der Waals surface area contributed by atoms with Crippen LogP contribution < -0.4 is 10.5 Å². The van der Waals surface area contributed by atoms with Gasteiger partial charge in [0.2, 0.25) is 0 Å². The number of phenolic OH excluding ortho intramolecular Hbond substituents is 1. The van der Waals surface area contributed by atoms with Gasteiger partial charge in [0, 0.05) is 19.2 Å². The van der Waals surface area contributed by atoms with Gasteiger partial charge in [-0.1, -0.05) is 17.7 Å². The van der Waals surface area contributed by atoms with Crippen LogP contribution in [0, 0.1) is 0 Å². The van der Waals surface area contributed by atoms with Crippen LogP contribution in [0.25, 0.3) is 22.4 Å². The Balaban J connectivity index is 2.24. The number of nitrogens with two attached hydrogens (primary N) is 1. The summed E-state index contributed by atoms with van der Waals surface area (Å²) in [6.45, 7) is 0.0544. The lowest BCUT2D eigenvalue weighted by molar-refractivity contribution is -0.143. The number of aromatic hydroxyl groups is 1. The molecule has 12 heteroatoms. The summed E-state index contributed by atoms with van der Waals surface area (Å²) in [5, 5.41) is 14.1. The van der Waals surface area contributed by atoms with Gasteiger partial charge >= 0.3 is 12.4 Å². The second kappa shape index (κ2) is 8.55. The average molecular weight is 480 g/mol. The SMILES string of the molecule is Cn1nc(-c2ccc(OCCN)c(-c3ccc(Cl)c(C(F)(F)F)c3)c2O)cc1C(F)(F)F. The molecule has 0 bridgehead atoms. The molecule has 5 nitrogen and oxygen atoms in total. The number of rotatable bonds is 5. The highest BCUT2D eigenvalue weighted by molar-refractivity contribution is 6.31. The molecular formula is C20H16ClF6N3O2. The van der Waals surface area contributed by atoms with E-state index >= 15 is 0 Å². The number of phenols is 1. The van der Waals surface area contributed by atoms with Crippen LogP contribution in [0.15, 0.2) is 36.4 Å². The molecule has 0 atom stereocenters. The standard InChI is InChI=1S/C20H16ClF6N3O2/c1-30-16(20(25,26)27)9-14(29-30)11-3-5-15(32-7-6-28)17(18(11)31)10-2-4-13(21)12(8-10)19(22,23)24/h2-5,8-9,31H,6-7,28H2,1H3. The van der Waals surface area contributed by atoms with Crippen molar-refractivity contribution in [2.45, 2.75) is 12.4 Å². The zero-order chi connectivity index (χ0) is 23.8. The minimum absolute atomic E-state index is 0.0147. The predicted molar refractivity (Wildman–Crippen MR) is 105 cm³/mol. The third-order valence-electron chi connectivity index (χ3n) is 4.52. The molecule has 3 N–H and O–H groups in total. The number of hydrogen-bond acceptors (Lipinski definition) is 4. The first-order valence-corrected chi connectivity index (χ1v) is 9.40. The van der Waals surface area contributed by atoms with Crippen LogP contribution in [-0.2, 0) is 19.4 Å². The van der Waals surface area contributed by atoms with Gasteiger partial charge in [-0.05, 0) is 35.9 Å². The van der Waals surface area contributed by atoms with Gasteiger partial charge in [0.25, 0.3) is 0 Å². The highest BCUT2D eigenvalue weighted by Crippen LogP contribution is 2.46. The van der Waals surface area contributed by atoms with Crippen molar-refractivity contribution in [2.24, 2.45) is 12.8 Å². The zero-order valence-corrected chi connectivity index (χ0v) is 17.1. The highest BCUT2D eigenvalue weighted by Gasteiger charge is 2.36. The highest BCUT2D eigenvalue weighted by atomic mass is 35.5. The minimum Gasteiger partial charge on any atom is -0.506 e. The van der Waals surface area contributed by atoms with Crippen LogP contribution in [0.1, 0.15) is 11.3 Å². The van der Waals surface area contributed by atoms with Crippen molar-refractivity contribution in [1.29, 1.82) is 0 Å². The number of nitrogens with zero attached hydrogens (tertiary/aromatic N) is 2. The molecule has 0 saturated heterocycles. The second-order valence-electron chi connectivity index (χ2n) is 6.70. The molecule has 3 aromatic rings. The Hall–Kier alpha value is -2.92. The van der Waals surface area contributed by atoms with E-state index in [0.717, 1.165) is 25.2 Å². The van der Waals surface area contributed by atoms with Gasteiger partial charge in [-0.2, -0.15) is 31.4 Å². The zero-order valence-electron chi connectivity index (χ0n) is 16.4. The molecule has 0 spiro atoms. The summed E-state index contributed by atoms with van der Waals surface area (Å²) in [6, 6.07) is 6.24. The van der Waals surface area contributed by atoms with Crippen LogP contribution in [0.3, 0.4) is 0 Å². The van der Waals surface area contributed by atoms with Crippen molar-refractivity contribution < 1.29 is 36.2 Å². The van der Waals surface area contributed by atoms with Crippen LogP contribution in [-0.4, -0.2) is 28.0 Å². The van der Waals surface area contributed by atoms with Crippen LogP contribution in [0.4, 0.5) is 26.3 Å². The maximum absolute atomic E-state index is 13.3. The van der Waals surface area contributed by atoms with Gasteiger partial charge in [0.05, 0.1) is 21.8 Å². The molecule has 0 unspecified atom stereocenters. The van der Waals surface area contributed by atoms with Gasteiger partial charge in [-0.15, -0.1) is 0 Å². The molecule has 0 aliphatic carbocycles. The Morgan fingerprint density at radius 2 is 1.75 bits per heavy atom. The number of ether oxygens (including phenoxy) is 1. The van der Waals surface area contributed by atoms with Crippen molar-refractivity contribution in [3.05, 3.63) is 52.7 Å². The van der Waals surface area contributed by atoms with E-state index in [2.05, 4.69) is 5.10 Å². The molecule has 2 aromatic carbocycles. The summed E-state index contributed by atoms with van der Waals surface area (Å²) in [6.07, 6.45) is -9.47. The Morgan fingerprint density at radius 3 is 2.31 bits per heavy atom. The van der Waals surface area contributed by atoms with Crippen LogP contribution >= 0.6 is 11.6 Å².